The topological polar surface area (TPSA) is 61.5 Å². The van der Waals surface area contributed by atoms with Gasteiger partial charge in [-0.05, 0) is 56.4 Å². The molecule has 0 fully saturated rings. The highest BCUT2D eigenvalue weighted by atomic mass is 16.5. The fourth-order valence-corrected chi connectivity index (χ4v) is 2.50. The number of carbonyl (C=O) groups excluding carboxylic acids is 1. The van der Waals surface area contributed by atoms with Crippen LogP contribution in [-0.2, 0) is 16.0 Å². The van der Waals surface area contributed by atoms with Crippen molar-refractivity contribution in [1.29, 1.82) is 0 Å². The fourth-order valence-electron chi connectivity index (χ4n) is 2.50. The molecule has 110 valence electrons. The Hall–Kier alpha value is -1.55. The van der Waals surface area contributed by atoms with Crippen LogP contribution in [-0.4, -0.2) is 19.7 Å². The summed E-state index contributed by atoms with van der Waals surface area (Å²) in [5.41, 5.74) is 7.96. The summed E-state index contributed by atoms with van der Waals surface area (Å²) in [4.78, 5) is 11.6. The van der Waals surface area contributed by atoms with Crippen molar-refractivity contribution < 1.29 is 14.3 Å². The van der Waals surface area contributed by atoms with E-state index < -0.39 is 5.41 Å². The Kier molecular flexibility index (Phi) is 4.33. The number of benzene rings is 1. The minimum absolute atomic E-state index is 0.0934. The molecule has 1 aliphatic rings. The largest absolute Gasteiger partial charge is 0.492 e. The van der Waals surface area contributed by atoms with E-state index in [2.05, 4.69) is 6.07 Å². The molecular weight excluding hydrogens is 254 g/mol. The van der Waals surface area contributed by atoms with Gasteiger partial charge in [-0.15, -0.1) is 0 Å². The Morgan fingerprint density at radius 3 is 2.90 bits per heavy atom. The van der Waals surface area contributed by atoms with E-state index >= 15 is 0 Å². The van der Waals surface area contributed by atoms with Gasteiger partial charge in [0.1, 0.15) is 12.4 Å². The van der Waals surface area contributed by atoms with Gasteiger partial charge in [0.2, 0.25) is 0 Å². The van der Waals surface area contributed by atoms with Crippen LogP contribution in [0, 0.1) is 5.41 Å². The summed E-state index contributed by atoms with van der Waals surface area (Å²) in [5.74, 6) is 0.491. The summed E-state index contributed by atoms with van der Waals surface area (Å²) in [7, 11) is 1.39. The average molecular weight is 277 g/mol. The first-order chi connectivity index (χ1) is 9.44. The number of rotatable bonds is 4. The zero-order valence-corrected chi connectivity index (χ0v) is 12.4. The summed E-state index contributed by atoms with van der Waals surface area (Å²) >= 11 is 0. The molecule has 0 spiro atoms. The summed E-state index contributed by atoms with van der Waals surface area (Å²) in [6.45, 7) is 3.90. The van der Waals surface area contributed by atoms with E-state index in [-0.39, 0.29) is 18.6 Å². The lowest BCUT2D eigenvalue weighted by Crippen LogP contribution is -2.32. The molecule has 0 aromatic heterocycles. The standard InChI is InChI=1S/C16H23NO3/c1-16(2,15(18)19-3)10-20-12-8-7-11-5-4-6-14(17)13(11)9-12/h7-9,14H,4-6,10,17H2,1-3H3/t14-/m1/s1. The van der Waals surface area contributed by atoms with Crippen LogP contribution in [0.1, 0.15) is 43.9 Å². The molecule has 4 nitrogen and oxygen atoms in total. The number of nitrogens with two attached hydrogens (primary N) is 1. The summed E-state index contributed by atoms with van der Waals surface area (Å²) in [6, 6.07) is 6.13. The number of carbonyl (C=O) groups is 1. The molecule has 0 bridgehead atoms. The number of ether oxygens (including phenoxy) is 2. The molecule has 0 amide bonds. The lowest BCUT2D eigenvalue weighted by atomic mass is 9.88. The summed E-state index contributed by atoms with van der Waals surface area (Å²) in [5, 5.41) is 0. The van der Waals surface area contributed by atoms with Gasteiger partial charge >= 0.3 is 5.97 Å². The van der Waals surface area contributed by atoms with Gasteiger partial charge in [-0.3, -0.25) is 4.79 Å². The van der Waals surface area contributed by atoms with Crippen molar-refractivity contribution in [2.45, 2.75) is 39.2 Å². The van der Waals surface area contributed by atoms with Crippen LogP contribution in [0.2, 0.25) is 0 Å². The molecule has 1 aliphatic carbocycles. The van der Waals surface area contributed by atoms with E-state index in [9.17, 15) is 4.79 Å². The molecule has 2 rings (SSSR count). The third-order valence-corrected chi connectivity index (χ3v) is 3.82. The zero-order chi connectivity index (χ0) is 14.8. The van der Waals surface area contributed by atoms with E-state index in [1.54, 1.807) is 0 Å². The van der Waals surface area contributed by atoms with Gasteiger partial charge in [-0.25, -0.2) is 0 Å². The predicted molar refractivity (Wildman–Crippen MR) is 77.6 cm³/mol. The van der Waals surface area contributed by atoms with Crippen LogP contribution in [0.3, 0.4) is 0 Å². The molecule has 0 aliphatic heterocycles. The maximum atomic E-state index is 11.6. The van der Waals surface area contributed by atoms with Crippen LogP contribution in [0.4, 0.5) is 0 Å². The summed E-state index contributed by atoms with van der Waals surface area (Å²) < 4.78 is 10.5. The highest BCUT2D eigenvalue weighted by Gasteiger charge is 2.30. The van der Waals surface area contributed by atoms with Gasteiger partial charge < -0.3 is 15.2 Å². The van der Waals surface area contributed by atoms with Crippen LogP contribution in [0.5, 0.6) is 5.75 Å². The molecule has 0 saturated carbocycles. The summed E-state index contributed by atoms with van der Waals surface area (Å²) in [6.07, 6.45) is 3.24. The van der Waals surface area contributed by atoms with Crippen molar-refractivity contribution in [3.05, 3.63) is 29.3 Å². The highest BCUT2D eigenvalue weighted by Crippen LogP contribution is 2.31. The first kappa shape index (κ1) is 14.9. The maximum Gasteiger partial charge on any atom is 0.314 e. The minimum Gasteiger partial charge on any atom is -0.492 e. The third kappa shape index (κ3) is 3.12. The molecule has 2 N–H and O–H groups in total. The number of hydrogen-bond donors (Lipinski definition) is 1. The van der Waals surface area contributed by atoms with Gasteiger partial charge in [0.05, 0.1) is 12.5 Å². The molecule has 0 saturated heterocycles. The van der Waals surface area contributed by atoms with Crippen LogP contribution in [0.15, 0.2) is 18.2 Å². The Labute approximate surface area is 120 Å². The number of fused-ring (bicyclic) bond motifs is 1. The van der Waals surface area contributed by atoms with E-state index in [1.165, 1.54) is 18.2 Å². The minimum atomic E-state index is -0.660. The van der Waals surface area contributed by atoms with Crippen molar-refractivity contribution in [3.8, 4) is 5.75 Å². The average Bonchev–Trinajstić information content (AvgIpc) is 2.45. The van der Waals surface area contributed by atoms with Crippen LogP contribution < -0.4 is 10.5 Å². The second-order valence-corrected chi connectivity index (χ2v) is 6.02. The molecule has 1 aromatic rings. The number of hydrogen-bond acceptors (Lipinski definition) is 4. The second kappa shape index (κ2) is 5.83. The quantitative estimate of drug-likeness (QED) is 0.859. The Morgan fingerprint density at radius 2 is 2.20 bits per heavy atom. The van der Waals surface area contributed by atoms with Crippen molar-refractivity contribution >= 4 is 5.97 Å². The van der Waals surface area contributed by atoms with Gasteiger partial charge in [0, 0.05) is 6.04 Å². The van der Waals surface area contributed by atoms with E-state index in [0.29, 0.717) is 0 Å². The van der Waals surface area contributed by atoms with Crippen LogP contribution in [0.25, 0.3) is 0 Å². The molecule has 20 heavy (non-hydrogen) atoms. The molecule has 1 aromatic carbocycles. The first-order valence-corrected chi connectivity index (χ1v) is 7.03. The Bertz CT molecular complexity index is 496. The maximum absolute atomic E-state index is 11.6. The number of esters is 1. The molecule has 1 atom stereocenters. The van der Waals surface area contributed by atoms with Crippen molar-refractivity contribution in [1.82, 2.24) is 0 Å². The SMILES string of the molecule is COC(=O)C(C)(C)COc1ccc2c(c1)[C@H](N)CCC2. The smallest absolute Gasteiger partial charge is 0.314 e. The van der Waals surface area contributed by atoms with Crippen LogP contribution >= 0.6 is 0 Å². The van der Waals surface area contributed by atoms with Gasteiger partial charge in [0.15, 0.2) is 0 Å². The molecule has 4 heteroatoms. The lowest BCUT2D eigenvalue weighted by molar-refractivity contribution is -0.152. The third-order valence-electron chi connectivity index (χ3n) is 3.82. The second-order valence-electron chi connectivity index (χ2n) is 6.02. The number of aryl methyl sites for hydroxylation is 1. The predicted octanol–water partition coefficient (Wildman–Crippen LogP) is 2.60. The molecular formula is C16H23NO3. The first-order valence-electron chi connectivity index (χ1n) is 7.03. The van der Waals surface area contributed by atoms with Crippen molar-refractivity contribution in [2.75, 3.05) is 13.7 Å². The van der Waals surface area contributed by atoms with E-state index in [0.717, 1.165) is 25.0 Å². The van der Waals surface area contributed by atoms with Gasteiger partial charge in [-0.1, -0.05) is 6.07 Å². The van der Waals surface area contributed by atoms with Gasteiger partial charge in [0.25, 0.3) is 0 Å². The van der Waals surface area contributed by atoms with E-state index in [4.69, 9.17) is 15.2 Å². The fraction of sp³-hybridized carbons (Fsp3) is 0.562. The van der Waals surface area contributed by atoms with Crippen molar-refractivity contribution in [2.24, 2.45) is 11.1 Å². The number of methoxy groups -OCH3 is 1. The molecule has 0 heterocycles. The molecule has 0 unspecified atom stereocenters. The van der Waals surface area contributed by atoms with Crippen molar-refractivity contribution in [3.63, 3.8) is 0 Å². The molecule has 0 radical (unpaired) electrons. The monoisotopic (exact) mass is 277 g/mol. The normalized spacial score (nSPS) is 18.3. The Balaban J connectivity index is 2.08. The zero-order valence-electron chi connectivity index (χ0n) is 12.4. The highest BCUT2D eigenvalue weighted by molar-refractivity contribution is 5.75. The lowest BCUT2D eigenvalue weighted by Gasteiger charge is -2.25. The van der Waals surface area contributed by atoms with Gasteiger partial charge in [-0.2, -0.15) is 0 Å². The Morgan fingerprint density at radius 1 is 1.45 bits per heavy atom. The van der Waals surface area contributed by atoms with E-state index in [1.807, 2.05) is 26.0 Å².